The van der Waals surface area contributed by atoms with E-state index in [-0.39, 0.29) is 33.5 Å². The standard InChI is InChI=1S/C23H22F3N3O6S2/c1-29(2)19(30)9-7-13-5-3-4-6-14(13)15-12-22(15,21(31)32)28-37(33,34)20-10-8-17(36-20)16-11-18(35-27-16)23(24,25)26/h3-6,8,10-11,15,28H,7,9,12H2,1-2H3,(H,31,32). The first-order chi connectivity index (χ1) is 17.2. The molecule has 1 aliphatic rings. The number of nitrogens with one attached hydrogen (secondary N) is 1. The lowest BCUT2D eigenvalue weighted by Crippen LogP contribution is -2.44. The van der Waals surface area contributed by atoms with E-state index in [0.717, 1.165) is 11.6 Å². The number of halogens is 3. The first-order valence-electron chi connectivity index (χ1n) is 10.9. The zero-order chi connectivity index (χ0) is 27.2. The van der Waals surface area contributed by atoms with Crippen LogP contribution in [0, 0.1) is 0 Å². The molecule has 1 saturated carbocycles. The molecule has 4 rings (SSSR count). The van der Waals surface area contributed by atoms with E-state index in [1.807, 2.05) is 0 Å². The summed E-state index contributed by atoms with van der Waals surface area (Å²) in [5.41, 5.74) is -0.623. The SMILES string of the molecule is CN(C)C(=O)CCc1ccccc1C1CC1(NS(=O)(=O)c1ccc(-c2cc(C(F)(F)F)on2)s1)C(=O)O. The van der Waals surface area contributed by atoms with E-state index in [0.29, 0.717) is 29.4 Å². The summed E-state index contributed by atoms with van der Waals surface area (Å²) in [6, 6.07) is 10.1. The van der Waals surface area contributed by atoms with E-state index in [1.54, 1.807) is 38.4 Å². The number of amides is 1. The monoisotopic (exact) mass is 557 g/mol. The number of carbonyl (C=O) groups excluding carboxylic acids is 1. The van der Waals surface area contributed by atoms with Gasteiger partial charge < -0.3 is 14.5 Å². The molecule has 2 heterocycles. The fraction of sp³-hybridized carbons (Fsp3) is 0.348. The van der Waals surface area contributed by atoms with Gasteiger partial charge in [0.2, 0.25) is 11.7 Å². The highest BCUT2D eigenvalue weighted by Crippen LogP contribution is 2.53. The normalized spacial score (nSPS) is 19.5. The van der Waals surface area contributed by atoms with Gasteiger partial charge in [0, 0.05) is 32.5 Å². The van der Waals surface area contributed by atoms with Gasteiger partial charge in [0.15, 0.2) is 0 Å². The Labute approximate surface area is 213 Å². The van der Waals surface area contributed by atoms with E-state index < -0.39 is 39.4 Å². The van der Waals surface area contributed by atoms with Gasteiger partial charge in [-0.15, -0.1) is 11.3 Å². The maximum Gasteiger partial charge on any atom is 0.452 e. The molecule has 1 aliphatic carbocycles. The molecule has 1 aromatic carbocycles. The number of alkyl halides is 3. The number of rotatable bonds is 9. The van der Waals surface area contributed by atoms with Gasteiger partial charge in [0.1, 0.15) is 15.4 Å². The van der Waals surface area contributed by atoms with Crippen LogP contribution in [-0.4, -0.2) is 55.1 Å². The Kier molecular flexibility index (Phi) is 6.94. The quantitative estimate of drug-likeness (QED) is 0.410. The molecule has 2 atom stereocenters. The zero-order valence-corrected chi connectivity index (χ0v) is 21.2. The largest absolute Gasteiger partial charge is 0.480 e. The van der Waals surface area contributed by atoms with Crippen LogP contribution in [0.5, 0.6) is 0 Å². The smallest absolute Gasteiger partial charge is 0.452 e. The lowest BCUT2D eigenvalue weighted by molar-refractivity contribution is -0.155. The van der Waals surface area contributed by atoms with Crippen LogP contribution in [0.25, 0.3) is 10.6 Å². The van der Waals surface area contributed by atoms with Crippen molar-refractivity contribution in [3.63, 3.8) is 0 Å². The molecule has 0 saturated heterocycles. The Balaban J connectivity index is 1.56. The van der Waals surface area contributed by atoms with Crippen molar-refractivity contribution >= 4 is 33.2 Å². The average Bonchev–Trinajstić information content (AvgIpc) is 3.19. The van der Waals surface area contributed by atoms with Crippen LogP contribution in [0.15, 0.2) is 51.2 Å². The first-order valence-corrected chi connectivity index (χ1v) is 13.2. The predicted octanol–water partition coefficient (Wildman–Crippen LogP) is 3.73. The molecule has 14 heteroatoms. The van der Waals surface area contributed by atoms with E-state index >= 15 is 0 Å². The van der Waals surface area contributed by atoms with Crippen LogP contribution in [0.4, 0.5) is 13.2 Å². The number of carbonyl (C=O) groups is 2. The van der Waals surface area contributed by atoms with Gasteiger partial charge in [0.25, 0.3) is 10.0 Å². The molecule has 1 fully saturated rings. The summed E-state index contributed by atoms with van der Waals surface area (Å²) in [7, 11) is -1.09. The molecule has 0 radical (unpaired) electrons. The summed E-state index contributed by atoms with van der Waals surface area (Å²) >= 11 is 0.636. The Bertz CT molecular complexity index is 1450. The van der Waals surface area contributed by atoms with Crippen molar-refractivity contribution in [2.45, 2.75) is 41.1 Å². The van der Waals surface area contributed by atoms with Crippen molar-refractivity contribution in [3.8, 4) is 10.6 Å². The summed E-state index contributed by atoms with van der Waals surface area (Å²) in [6.07, 6.45) is -4.18. The number of sulfonamides is 1. The van der Waals surface area contributed by atoms with Crippen LogP contribution in [0.3, 0.4) is 0 Å². The zero-order valence-electron chi connectivity index (χ0n) is 19.6. The van der Waals surface area contributed by atoms with Crippen LogP contribution in [0.2, 0.25) is 0 Å². The predicted molar refractivity (Wildman–Crippen MR) is 126 cm³/mol. The van der Waals surface area contributed by atoms with Gasteiger partial charge in [-0.25, -0.2) is 8.42 Å². The lowest BCUT2D eigenvalue weighted by atomic mass is 9.97. The minimum atomic E-state index is -4.75. The summed E-state index contributed by atoms with van der Waals surface area (Å²) in [5.74, 6) is -3.45. The molecule has 2 aromatic heterocycles. The second-order valence-corrected chi connectivity index (χ2v) is 11.8. The molecule has 3 aromatic rings. The van der Waals surface area contributed by atoms with Gasteiger partial charge in [-0.1, -0.05) is 29.4 Å². The third-order valence-corrected chi connectivity index (χ3v) is 9.19. The van der Waals surface area contributed by atoms with Gasteiger partial charge >= 0.3 is 12.1 Å². The van der Waals surface area contributed by atoms with E-state index in [9.17, 15) is 36.3 Å². The summed E-state index contributed by atoms with van der Waals surface area (Å²) < 4.78 is 70.9. The van der Waals surface area contributed by atoms with Gasteiger partial charge in [-0.3, -0.25) is 9.59 Å². The minimum Gasteiger partial charge on any atom is -0.480 e. The van der Waals surface area contributed by atoms with Crippen LogP contribution in [-0.2, 0) is 32.2 Å². The molecular weight excluding hydrogens is 535 g/mol. The topological polar surface area (TPSA) is 130 Å². The minimum absolute atomic E-state index is 0.00331. The molecule has 37 heavy (non-hydrogen) atoms. The maximum absolute atomic E-state index is 13.1. The fourth-order valence-corrected chi connectivity index (χ4v) is 6.68. The van der Waals surface area contributed by atoms with Crippen LogP contribution >= 0.6 is 11.3 Å². The first kappa shape index (κ1) is 26.8. The highest BCUT2D eigenvalue weighted by molar-refractivity contribution is 7.91. The number of aromatic nitrogens is 1. The van der Waals surface area contributed by atoms with Crippen molar-refractivity contribution in [1.29, 1.82) is 0 Å². The van der Waals surface area contributed by atoms with Crippen molar-refractivity contribution in [3.05, 3.63) is 59.4 Å². The Hall–Kier alpha value is -3.23. The molecule has 0 bridgehead atoms. The third kappa shape index (κ3) is 5.40. The molecule has 1 amide bonds. The van der Waals surface area contributed by atoms with Crippen molar-refractivity contribution < 1.29 is 40.8 Å². The third-order valence-electron chi connectivity index (χ3n) is 6.08. The summed E-state index contributed by atoms with van der Waals surface area (Å²) in [4.78, 5) is 25.8. The van der Waals surface area contributed by atoms with Gasteiger partial charge in [-0.05, 0) is 36.1 Å². The Morgan fingerprint density at radius 2 is 1.95 bits per heavy atom. The maximum atomic E-state index is 13.1. The Morgan fingerprint density at radius 1 is 1.24 bits per heavy atom. The second kappa shape index (κ2) is 9.58. The molecule has 2 N–H and O–H groups in total. The molecule has 2 unspecified atom stereocenters. The second-order valence-electron chi connectivity index (χ2n) is 8.82. The number of aryl methyl sites for hydroxylation is 1. The molecular formula is C23H22F3N3O6S2. The van der Waals surface area contributed by atoms with E-state index in [1.165, 1.54) is 11.0 Å². The number of benzene rings is 1. The van der Waals surface area contributed by atoms with E-state index in [4.69, 9.17) is 0 Å². The fourth-order valence-electron chi connectivity index (χ4n) is 4.02. The highest BCUT2D eigenvalue weighted by Gasteiger charge is 2.63. The van der Waals surface area contributed by atoms with Gasteiger partial charge in [0.05, 0.1) is 4.88 Å². The van der Waals surface area contributed by atoms with E-state index in [2.05, 4.69) is 14.4 Å². The summed E-state index contributed by atoms with van der Waals surface area (Å²) in [5, 5.41) is 13.3. The molecule has 9 nitrogen and oxygen atoms in total. The Morgan fingerprint density at radius 3 is 2.57 bits per heavy atom. The number of hydrogen-bond donors (Lipinski definition) is 2. The molecule has 0 aliphatic heterocycles. The number of hydrogen-bond acceptors (Lipinski definition) is 7. The van der Waals surface area contributed by atoms with Crippen molar-refractivity contribution in [2.75, 3.05) is 14.1 Å². The number of thiophene rings is 1. The van der Waals surface area contributed by atoms with Crippen molar-refractivity contribution in [1.82, 2.24) is 14.8 Å². The van der Waals surface area contributed by atoms with Crippen molar-refractivity contribution in [2.24, 2.45) is 0 Å². The molecule has 198 valence electrons. The number of nitrogens with zero attached hydrogens (tertiary/aromatic N) is 2. The number of carboxylic acid groups (broad SMARTS) is 1. The summed E-state index contributed by atoms with van der Waals surface area (Å²) in [6.45, 7) is 0. The average molecular weight is 558 g/mol. The highest BCUT2D eigenvalue weighted by atomic mass is 32.2. The van der Waals surface area contributed by atoms with Gasteiger partial charge in [-0.2, -0.15) is 17.9 Å². The lowest BCUT2D eigenvalue weighted by Gasteiger charge is -2.17. The number of aliphatic carboxylic acids is 1. The van der Waals surface area contributed by atoms with Crippen LogP contribution in [0.1, 0.15) is 35.6 Å². The van der Waals surface area contributed by atoms with Crippen LogP contribution < -0.4 is 4.72 Å². The molecule has 0 spiro atoms. The number of carboxylic acids is 1.